The fourth-order valence-electron chi connectivity index (χ4n) is 0. The minimum absolute atomic E-state index is 0. The highest BCUT2D eigenvalue weighted by Gasteiger charge is 1.82. The van der Waals surface area contributed by atoms with Crippen molar-refractivity contribution in [2.75, 3.05) is 6.61 Å². The maximum atomic E-state index is 9.12. The van der Waals surface area contributed by atoms with Crippen molar-refractivity contribution in [3.05, 3.63) is 0 Å². The fraction of sp³-hybridized carbons (Fsp3) is 0.500. The third-order valence-electron chi connectivity index (χ3n) is 0.135. The third-order valence-corrected chi connectivity index (χ3v) is 0.135. The Morgan fingerprint density at radius 2 is 1.83 bits per heavy atom. The van der Waals surface area contributed by atoms with Gasteiger partial charge in [0, 0.05) is 8.41 Å². The molecule has 6 heavy (non-hydrogen) atoms. The van der Waals surface area contributed by atoms with Crippen LogP contribution in [0.15, 0.2) is 0 Å². The molecule has 0 rings (SSSR count). The van der Waals surface area contributed by atoms with Crippen molar-refractivity contribution in [1.82, 2.24) is 0 Å². The highest BCUT2D eigenvalue weighted by atomic mass is 16.4. The van der Waals surface area contributed by atoms with Crippen molar-refractivity contribution in [2.45, 2.75) is 0 Å². The van der Waals surface area contributed by atoms with Gasteiger partial charge in [-0.15, -0.1) is 0 Å². The Hall–Kier alpha value is -0.505. The van der Waals surface area contributed by atoms with E-state index in [1.54, 1.807) is 0 Å². The van der Waals surface area contributed by atoms with Gasteiger partial charge in [0.1, 0.15) is 6.61 Å². The topological polar surface area (TPSA) is 57.5 Å². The molecule has 0 aliphatic heterocycles. The first-order valence-corrected chi connectivity index (χ1v) is 1.10. The van der Waals surface area contributed by atoms with Crippen molar-refractivity contribution >= 4 is 14.4 Å². The van der Waals surface area contributed by atoms with E-state index in [1.807, 2.05) is 0 Å². The molecule has 0 bridgehead atoms. The van der Waals surface area contributed by atoms with Gasteiger partial charge >= 0.3 is 5.97 Å². The molecule has 4 heteroatoms. The van der Waals surface area contributed by atoms with Gasteiger partial charge in [0.2, 0.25) is 0 Å². The lowest BCUT2D eigenvalue weighted by molar-refractivity contribution is -0.140. The van der Waals surface area contributed by atoms with Crippen molar-refractivity contribution in [3.63, 3.8) is 0 Å². The predicted molar refractivity (Wildman–Crippen MR) is 20.5 cm³/mol. The molecule has 0 aliphatic rings. The van der Waals surface area contributed by atoms with E-state index >= 15 is 0 Å². The molecule has 3 radical (unpaired) electrons. The minimum Gasteiger partial charge on any atom is -0.480 e. The van der Waals surface area contributed by atoms with Crippen molar-refractivity contribution in [1.29, 1.82) is 0 Å². The average Bonchev–Trinajstić information content (AvgIpc) is 1.38. The Morgan fingerprint density at radius 1 is 1.67 bits per heavy atom. The Labute approximate surface area is 37.2 Å². The van der Waals surface area contributed by atoms with Crippen molar-refractivity contribution in [3.8, 4) is 0 Å². The summed E-state index contributed by atoms with van der Waals surface area (Å²) in [5, 5.41) is 15.0. The van der Waals surface area contributed by atoms with Gasteiger partial charge in [-0.1, -0.05) is 0 Å². The average molecular weight is 86.9 g/mol. The molecule has 0 aromatic heterocycles. The monoisotopic (exact) mass is 87.0 g/mol. The Balaban J connectivity index is 0. The van der Waals surface area contributed by atoms with E-state index in [4.69, 9.17) is 15.0 Å². The number of hydrogen-bond acceptors (Lipinski definition) is 2. The van der Waals surface area contributed by atoms with Crippen LogP contribution in [0.1, 0.15) is 0 Å². The summed E-state index contributed by atoms with van der Waals surface area (Å²) in [7, 11) is 0. The van der Waals surface area contributed by atoms with Crippen LogP contribution < -0.4 is 0 Å². The first-order chi connectivity index (χ1) is 2.27. The quantitative estimate of drug-likeness (QED) is 0.390. The number of hydrogen-bond donors (Lipinski definition) is 2. The van der Waals surface area contributed by atoms with Gasteiger partial charge in [-0.2, -0.15) is 0 Å². The fourth-order valence-corrected chi connectivity index (χ4v) is 0. The second-order valence-electron chi connectivity index (χ2n) is 0.552. The second kappa shape index (κ2) is 4.49. The van der Waals surface area contributed by atoms with Crippen LogP contribution in [0.4, 0.5) is 0 Å². The number of aliphatic hydroxyl groups is 1. The summed E-state index contributed by atoms with van der Waals surface area (Å²) in [5.41, 5.74) is 0. The molecular formula is C2H4BO3. The number of carbonyl (C=O) groups is 1. The summed E-state index contributed by atoms with van der Waals surface area (Å²) in [6, 6.07) is 0. The molecule has 0 spiro atoms. The van der Waals surface area contributed by atoms with Crippen molar-refractivity contribution < 1.29 is 15.0 Å². The van der Waals surface area contributed by atoms with Crippen LogP contribution in [0.3, 0.4) is 0 Å². The van der Waals surface area contributed by atoms with E-state index in [-0.39, 0.29) is 8.41 Å². The summed E-state index contributed by atoms with van der Waals surface area (Å²) in [5.74, 6) is -1.19. The van der Waals surface area contributed by atoms with Crippen LogP contribution in [0.25, 0.3) is 0 Å². The number of carboxylic acids is 1. The molecule has 0 atom stereocenters. The summed E-state index contributed by atoms with van der Waals surface area (Å²) >= 11 is 0. The summed E-state index contributed by atoms with van der Waals surface area (Å²) in [6.07, 6.45) is 0. The smallest absolute Gasteiger partial charge is 0.329 e. The Morgan fingerprint density at radius 3 is 1.83 bits per heavy atom. The predicted octanol–water partition coefficient (Wildman–Crippen LogP) is -1.32. The van der Waals surface area contributed by atoms with Gasteiger partial charge in [-0.3, -0.25) is 0 Å². The number of aliphatic carboxylic acids is 1. The SMILES string of the molecule is O=C(O)CO.[B]. The van der Waals surface area contributed by atoms with E-state index in [9.17, 15) is 0 Å². The summed E-state index contributed by atoms with van der Waals surface area (Å²) in [6.45, 7) is -0.778. The summed E-state index contributed by atoms with van der Waals surface area (Å²) in [4.78, 5) is 9.12. The summed E-state index contributed by atoms with van der Waals surface area (Å²) < 4.78 is 0. The number of carboxylic acid groups (broad SMARTS) is 1. The van der Waals surface area contributed by atoms with Gasteiger partial charge in [-0.25, -0.2) is 4.79 Å². The minimum atomic E-state index is -1.19. The second-order valence-corrected chi connectivity index (χ2v) is 0.552. The molecule has 0 heterocycles. The molecule has 0 aromatic carbocycles. The van der Waals surface area contributed by atoms with Crippen LogP contribution in [0.2, 0.25) is 0 Å². The molecule has 2 N–H and O–H groups in total. The molecule has 0 fully saturated rings. The highest BCUT2D eigenvalue weighted by molar-refractivity contribution is 5.75. The van der Waals surface area contributed by atoms with Gasteiger partial charge in [0.15, 0.2) is 0 Å². The highest BCUT2D eigenvalue weighted by Crippen LogP contribution is 1.48. The Bertz CT molecular complexity index is 44.1. The number of rotatable bonds is 1. The molecule has 0 amide bonds. The van der Waals surface area contributed by atoms with Crippen LogP contribution >= 0.6 is 0 Å². The molecule has 33 valence electrons. The molecule has 0 saturated carbocycles. The van der Waals surface area contributed by atoms with Crippen LogP contribution in [-0.2, 0) is 4.79 Å². The zero-order chi connectivity index (χ0) is 4.28. The van der Waals surface area contributed by atoms with E-state index in [1.165, 1.54) is 0 Å². The standard InChI is InChI=1S/C2H4O3.B/c3-1-2(4)5;/h3H,1H2,(H,4,5);. The van der Waals surface area contributed by atoms with Gasteiger partial charge in [-0.05, 0) is 0 Å². The molecule has 3 nitrogen and oxygen atoms in total. The van der Waals surface area contributed by atoms with Crippen molar-refractivity contribution in [2.24, 2.45) is 0 Å². The molecule has 0 aliphatic carbocycles. The van der Waals surface area contributed by atoms with E-state index < -0.39 is 12.6 Å². The van der Waals surface area contributed by atoms with Gasteiger partial charge < -0.3 is 10.2 Å². The third kappa shape index (κ3) is 9.73. The lowest BCUT2D eigenvalue weighted by Crippen LogP contribution is -1.98. The zero-order valence-electron chi connectivity index (χ0n) is 3.09. The molecular weight excluding hydrogens is 82.8 g/mol. The van der Waals surface area contributed by atoms with Gasteiger partial charge in [0.25, 0.3) is 0 Å². The lowest BCUT2D eigenvalue weighted by atomic mass is 10.8. The first-order valence-electron chi connectivity index (χ1n) is 1.10. The van der Waals surface area contributed by atoms with Gasteiger partial charge in [0.05, 0.1) is 0 Å². The van der Waals surface area contributed by atoms with Crippen LogP contribution in [0, 0.1) is 0 Å². The zero-order valence-corrected chi connectivity index (χ0v) is 3.09. The normalized spacial score (nSPS) is 6.17. The maximum Gasteiger partial charge on any atom is 0.329 e. The van der Waals surface area contributed by atoms with Crippen LogP contribution in [-0.4, -0.2) is 31.2 Å². The molecule has 0 unspecified atom stereocenters. The molecule has 0 saturated heterocycles. The van der Waals surface area contributed by atoms with E-state index in [0.717, 1.165) is 0 Å². The Kier molecular flexibility index (Phi) is 6.81. The number of aliphatic hydroxyl groups excluding tert-OH is 1. The first kappa shape index (κ1) is 9.09. The van der Waals surface area contributed by atoms with Crippen LogP contribution in [0.5, 0.6) is 0 Å². The van der Waals surface area contributed by atoms with E-state index in [0.29, 0.717) is 0 Å². The lowest BCUT2D eigenvalue weighted by Gasteiger charge is -1.72. The molecule has 0 aromatic rings. The largest absolute Gasteiger partial charge is 0.480 e. The van der Waals surface area contributed by atoms with E-state index in [2.05, 4.69) is 0 Å². The maximum absolute atomic E-state index is 9.12.